The highest BCUT2D eigenvalue weighted by molar-refractivity contribution is 5.80. The highest BCUT2D eigenvalue weighted by Crippen LogP contribution is 2.29. The molecule has 35 heavy (non-hydrogen) atoms. The number of nitro benzene ring substituents is 1. The monoisotopic (exact) mass is 488 g/mol. The molecule has 1 aliphatic rings. The van der Waals surface area contributed by atoms with Crippen LogP contribution in [0.3, 0.4) is 0 Å². The van der Waals surface area contributed by atoms with Gasteiger partial charge < -0.3 is 15.0 Å². The van der Waals surface area contributed by atoms with Gasteiger partial charge in [-0.2, -0.15) is 33.2 Å². The van der Waals surface area contributed by atoms with E-state index in [-0.39, 0.29) is 23.1 Å². The number of rotatable bonds is 7. The molecule has 11 nitrogen and oxygen atoms in total. The summed E-state index contributed by atoms with van der Waals surface area (Å²) in [6.07, 6.45) is -3.24. The van der Waals surface area contributed by atoms with Crippen LogP contribution in [-0.2, 0) is 10.9 Å². The zero-order valence-electron chi connectivity index (χ0n) is 18.1. The van der Waals surface area contributed by atoms with Crippen LogP contribution in [0, 0.1) is 10.1 Å². The van der Waals surface area contributed by atoms with Gasteiger partial charge in [-0.15, -0.1) is 0 Å². The van der Waals surface area contributed by atoms with E-state index in [2.05, 4.69) is 30.8 Å². The molecule has 1 fully saturated rings. The number of aromatic nitrogens is 3. The van der Waals surface area contributed by atoms with Crippen molar-refractivity contribution in [2.45, 2.75) is 6.18 Å². The van der Waals surface area contributed by atoms with Gasteiger partial charge in [-0.3, -0.25) is 10.1 Å². The fraction of sp³-hybridized carbons (Fsp3) is 0.238. The first-order valence-corrected chi connectivity index (χ1v) is 10.3. The molecule has 2 aromatic carbocycles. The van der Waals surface area contributed by atoms with Crippen molar-refractivity contribution in [1.82, 2.24) is 15.0 Å². The largest absolute Gasteiger partial charge is 0.416 e. The molecule has 0 spiro atoms. The van der Waals surface area contributed by atoms with Crippen LogP contribution in [0.4, 0.5) is 42.4 Å². The fourth-order valence-electron chi connectivity index (χ4n) is 3.13. The van der Waals surface area contributed by atoms with Crippen molar-refractivity contribution in [3.05, 3.63) is 69.8 Å². The third-order valence-corrected chi connectivity index (χ3v) is 4.84. The molecule has 0 amide bonds. The normalized spacial score (nSPS) is 14.2. The first kappa shape index (κ1) is 23.8. The lowest BCUT2D eigenvalue weighted by molar-refractivity contribution is -0.384. The van der Waals surface area contributed by atoms with Crippen molar-refractivity contribution < 1.29 is 22.8 Å². The predicted octanol–water partition coefficient (Wildman–Crippen LogP) is 3.82. The zero-order valence-corrected chi connectivity index (χ0v) is 18.1. The van der Waals surface area contributed by atoms with Crippen LogP contribution >= 0.6 is 0 Å². The summed E-state index contributed by atoms with van der Waals surface area (Å²) in [5.74, 6) is 0.533. The molecule has 1 saturated heterocycles. The summed E-state index contributed by atoms with van der Waals surface area (Å²) in [4.78, 5) is 25.2. The summed E-state index contributed by atoms with van der Waals surface area (Å²) >= 11 is 0. The molecule has 0 bridgehead atoms. The third-order valence-electron chi connectivity index (χ3n) is 4.84. The number of hydrogen-bond donors (Lipinski definition) is 2. The van der Waals surface area contributed by atoms with Crippen LogP contribution in [0.2, 0.25) is 0 Å². The Kier molecular flexibility index (Phi) is 7.01. The minimum Gasteiger partial charge on any atom is -0.378 e. The maximum atomic E-state index is 12.9. The van der Waals surface area contributed by atoms with Gasteiger partial charge in [0.15, 0.2) is 0 Å². The maximum Gasteiger partial charge on any atom is 0.416 e. The lowest BCUT2D eigenvalue weighted by Gasteiger charge is -2.27. The van der Waals surface area contributed by atoms with E-state index in [1.54, 1.807) is 0 Å². The Morgan fingerprint density at radius 1 is 1.06 bits per heavy atom. The topological polar surface area (TPSA) is 131 Å². The summed E-state index contributed by atoms with van der Waals surface area (Å²) in [6, 6.07) is 10.4. The van der Waals surface area contributed by atoms with Crippen molar-refractivity contribution in [3.8, 4) is 0 Å². The molecule has 0 unspecified atom stereocenters. The summed E-state index contributed by atoms with van der Waals surface area (Å²) in [5, 5.41) is 17.8. The lowest BCUT2D eigenvalue weighted by atomic mass is 10.1. The van der Waals surface area contributed by atoms with Gasteiger partial charge in [-0.1, -0.05) is 12.1 Å². The van der Waals surface area contributed by atoms with Crippen LogP contribution in [0.15, 0.2) is 53.6 Å². The van der Waals surface area contributed by atoms with Gasteiger partial charge in [0.25, 0.3) is 5.69 Å². The Labute approximate surface area is 196 Å². The first-order chi connectivity index (χ1) is 16.8. The number of morpholine rings is 1. The summed E-state index contributed by atoms with van der Waals surface area (Å²) in [5.41, 5.74) is 2.51. The minimum atomic E-state index is -4.46. The number of ether oxygens (including phenoxy) is 1. The number of benzene rings is 2. The number of hydrogen-bond acceptors (Lipinski definition) is 10. The Morgan fingerprint density at radius 3 is 2.46 bits per heavy atom. The van der Waals surface area contributed by atoms with Crippen LogP contribution < -0.4 is 15.6 Å². The third kappa shape index (κ3) is 6.38. The van der Waals surface area contributed by atoms with E-state index in [0.717, 1.165) is 12.1 Å². The number of halogens is 3. The molecule has 2 N–H and O–H groups in total. The molecule has 3 aromatic rings. The van der Waals surface area contributed by atoms with Gasteiger partial charge in [0.2, 0.25) is 17.8 Å². The van der Waals surface area contributed by atoms with Crippen LogP contribution in [-0.4, -0.2) is 52.4 Å². The molecule has 1 aliphatic heterocycles. The van der Waals surface area contributed by atoms with Gasteiger partial charge in [-0.25, -0.2) is 5.43 Å². The van der Waals surface area contributed by atoms with E-state index in [1.165, 1.54) is 42.6 Å². The van der Waals surface area contributed by atoms with Gasteiger partial charge in [0.1, 0.15) is 0 Å². The standard InChI is InChI=1S/C21H19F3N8O3/c22-21(23,24)15-3-1-2-14(12-15)13-25-30-19-27-18(26-16-4-6-17(7-5-16)32(33)34)28-20(29-19)31-8-10-35-11-9-31/h1-7,12-13H,8-11H2,(H2,26,27,28,29,30). The average molecular weight is 488 g/mol. The smallest absolute Gasteiger partial charge is 0.378 e. The molecule has 182 valence electrons. The Balaban J connectivity index is 1.56. The summed E-state index contributed by atoms with van der Waals surface area (Å²) in [6.45, 7) is 2.09. The van der Waals surface area contributed by atoms with Gasteiger partial charge in [0, 0.05) is 30.9 Å². The molecule has 14 heteroatoms. The van der Waals surface area contributed by atoms with E-state index >= 15 is 0 Å². The van der Waals surface area contributed by atoms with Crippen molar-refractivity contribution in [1.29, 1.82) is 0 Å². The number of non-ortho nitro benzene ring substituents is 1. The molecule has 4 rings (SSSR count). The molecule has 0 atom stereocenters. The first-order valence-electron chi connectivity index (χ1n) is 10.3. The van der Waals surface area contributed by atoms with E-state index in [9.17, 15) is 23.3 Å². The number of nitro groups is 1. The molecule has 2 heterocycles. The predicted molar refractivity (Wildman–Crippen MR) is 122 cm³/mol. The van der Waals surface area contributed by atoms with Gasteiger partial charge in [0.05, 0.1) is 29.9 Å². The Morgan fingerprint density at radius 2 is 1.77 bits per heavy atom. The van der Waals surface area contributed by atoms with Crippen molar-refractivity contribution in [2.24, 2.45) is 5.10 Å². The maximum absolute atomic E-state index is 12.9. The van der Waals surface area contributed by atoms with E-state index in [1.807, 2.05) is 4.90 Å². The van der Waals surface area contributed by atoms with Gasteiger partial charge >= 0.3 is 6.18 Å². The molecular formula is C21H19F3N8O3. The zero-order chi connectivity index (χ0) is 24.8. The highest BCUT2D eigenvalue weighted by atomic mass is 19.4. The Hall–Kier alpha value is -4.33. The summed E-state index contributed by atoms with van der Waals surface area (Å²) in [7, 11) is 0. The van der Waals surface area contributed by atoms with E-state index in [0.29, 0.717) is 37.9 Å². The number of anilines is 4. The fourth-order valence-corrected chi connectivity index (χ4v) is 3.13. The molecular weight excluding hydrogens is 469 g/mol. The number of hydrazone groups is 1. The van der Waals surface area contributed by atoms with Gasteiger partial charge in [-0.05, 0) is 29.8 Å². The van der Waals surface area contributed by atoms with Crippen molar-refractivity contribution in [2.75, 3.05) is 41.9 Å². The SMILES string of the molecule is O=[N+]([O-])c1ccc(Nc2nc(NN=Cc3cccc(C(F)(F)F)c3)nc(N3CCOCC3)n2)cc1. The number of alkyl halides is 3. The van der Waals surface area contributed by atoms with E-state index < -0.39 is 16.7 Å². The van der Waals surface area contributed by atoms with E-state index in [4.69, 9.17) is 4.74 Å². The molecule has 0 radical (unpaired) electrons. The quantitative estimate of drug-likeness (QED) is 0.289. The second-order valence-corrected chi connectivity index (χ2v) is 7.30. The van der Waals surface area contributed by atoms with Crippen LogP contribution in [0.25, 0.3) is 0 Å². The van der Waals surface area contributed by atoms with Crippen LogP contribution in [0.5, 0.6) is 0 Å². The number of nitrogens with one attached hydrogen (secondary N) is 2. The van der Waals surface area contributed by atoms with Crippen molar-refractivity contribution in [3.63, 3.8) is 0 Å². The highest BCUT2D eigenvalue weighted by Gasteiger charge is 2.30. The molecule has 0 aliphatic carbocycles. The van der Waals surface area contributed by atoms with Crippen molar-refractivity contribution >= 4 is 35.4 Å². The second kappa shape index (κ2) is 10.3. The number of nitrogens with zero attached hydrogens (tertiary/aromatic N) is 6. The Bertz CT molecular complexity index is 1220. The lowest BCUT2D eigenvalue weighted by Crippen LogP contribution is -2.37. The minimum absolute atomic E-state index is 0.0501. The average Bonchev–Trinajstić information content (AvgIpc) is 2.84. The molecule has 1 aromatic heterocycles. The second-order valence-electron chi connectivity index (χ2n) is 7.30. The van der Waals surface area contributed by atoms with Crippen LogP contribution in [0.1, 0.15) is 11.1 Å². The summed E-state index contributed by atoms with van der Waals surface area (Å²) < 4.78 is 44.1. The molecule has 0 saturated carbocycles.